The molecule has 0 aromatic heterocycles. The number of carbonyl (C=O) groups is 1. The first-order valence-electron chi connectivity index (χ1n) is 4.41. The normalized spacial score (nSPS) is 24.2. The second-order valence-corrected chi connectivity index (χ2v) is 5.40. The molecular weight excluding hydrogens is 218 g/mol. The van der Waals surface area contributed by atoms with Crippen LogP contribution in [0.25, 0.3) is 0 Å². The fraction of sp³-hybridized carbons (Fsp3) is 0.889. The minimum Gasteiger partial charge on any atom is -0.337 e. The van der Waals surface area contributed by atoms with Crippen molar-refractivity contribution in [3.63, 3.8) is 0 Å². The SMILES string of the molecule is CC(Br)C(=O)N1CCCC1(C)C. The fourth-order valence-corrected chi connectivity index (χ4v) is 1.98. The Hall–Kier alpha value is -0.0500. The van der Waals surface area contributed by atoms with Gasteiger partial charge in [-0.25, -0.2) is 0 Å². The van der Waals surface area contributed by atoms with Crippen molar-refractivity contribution in [1.29, 1.82) is 0 Å². The summed E-state index contributed by atoms with van der Waals surface area (Å²) in [5.41, 5.74) is 0.0686. The number of likely N-dealkylation sites (tertiary alicyclic amines) is 1. The molecule has 0 bridgehead atoms. The first-order chi connectivity index (χ1) is 5.45. The van der Waals surface area contributed by atoms with Crippen molar-refractivity contribution in [2.24, 2.45) is 0 Å². The van der Waals surface area contributed by atoms with E-state index in [0.29, 0.717) is 0 Å². The molecule has 0 spiro atoms. The van der Waals surface area contributed by atoms with Crippen LogP contribution in [0.4, 0.5) is 0 Å². The summed E-state index contributed by atoms with van der Waals surface area (Å²) < 4.78 is 0. The Morgan fingerprint density at radius 2 is 2.17 bits per heavy atom. The topological polar surface area (TPSA) is 20.3 Å². The van der Waals surface area contributed by atoms with Crippen LogP contribution in [0.2, 0.25) is 0 Å². The van der Waals surface area contributed by atoms with Gasteiger partial charge in [-0.15, -0.1) is 0 Å². The van der Waals surface area contributed by atoms with E-state index in [1.165, 1.54) is 0 Å². The predicted molar refractivity (Wildman–Crippen MR) is 53.4 cm³/mol. The van der Waals surface area contributed by atoms with Gasteiger partial charge in [0.25, 0.3) is 0 Å². The Bertz CT molecular complexity index is 189. The van der Waals surface area contributed by atoms with E-state index in [1.54, 1.807) is 0 Å². The van der Waals surface area contributed by atoms with Crippen LogP contribution in [0.1, 0.15) is 33.6 Å². The molecule has 1 heterocycles. The van der Waals surface area contributed by atoms with E-state index in [0.717, 1.165) is 19.4 Å². The number of rotatable bonds is 1. The zero-order valence-electron chi connectivity index (χ0n) is 7.93. The highest BCUT2D eigenvalue weighted by atomic mass is 79.9. The van der Waals surface area contributed by atoms with E-state index >= 15 is 0 Å². The first-order valence-corrected chi connectivity index (χ1v) is 5.32. The number of hydrogen-bond donors (Lipinski definition) is 0. The summed E-state index contributed by atoms with van der Waals surface area (Å²) in [6.45, 7) is 7.07. The van der Waals surface area contributed by atoms with Gasteiger partial charge in [0.2, 0.25) is 5.91 Å². The Labute approximate surface area is 82.4 Å². The molecular formula is C9H16BrNO. The van der Waals surface area contributed by atoms with Crippen LogP contribution < -0.4 is 0 Å². The first kappa shape index (κ1) is 10.0. The quantitative estimate of drug-likeness (QED) is 0.637. The predicted octanol–water partition coefficient (Wildman–Crippen LogP) is 2.17. The van der Waals surface area contributed by atoms with Gasteiger partial charge in [0.15, 0.2) is 0 Å². The third-order valence-corrected chi connectivity index (χ3v) is 2.90. The van der Waals surface area contributed by atoms with E-state index in [9.17, 15) is 4.79 Å². The van der Waals surface area contributed by atoms with Gasteiger partial charge < -0.3 is 4.90 Å². The van der Waals surface area contributed by atoms with E-state index in [4.69, 9.17) is 0 Å². The molecule has 0 aromatic carbocycles. The molecule has 0 radical (unpaired) electrons. The maximum atomic E-state index is 11.6. The summed E-state index contributed by atoms with van der Waals surface area (Å²) in [6.07, 6.45) is 2.26. The summed E-state index contributed by atoms with van der Waals surface area (Å²) in [4.78, 5) is 13.6. The number of carbonyl (C=O) groups excluding carboxylic acids is 1. The third kappa shape index (κ3) is 1.82. The number of nitrogens with zero attached hydrogens (tertiary/aromatic N) is 1. The lowest BCUT2D eigenvalue weighted by Crippen LogP contribution is -2.45. The van der Waals surface area contributed by atoms with Crippen molar-refractivity contribution in [3.05, 3.63) is 0 Å². The molecule has 1 rings (SSSR count). The summed E-state index contributed by atoms with van der Waals surface area (Å²) >= 11 is 3.31. The molecule has 1 aliphatic rings. The molecule has 0 N–H and O–H groups in total. The second kappa shape index (κ2) is 3.36. The molecule has 1 saturated heterocycles. The van der Waals surface area contributed by atoms with E-state index < -0.39 is 0 Å². The second-order valence-electron chi connectivity index (χ2n) is 4.02. The van der Waals surface area contributed by atoms with Gasteiger partial charge in [-0.2, -0.15) is 0 Å². The molecule has 0 saturated carbocycles. The van der Waals surface area contributed by atoms with Gasteiger partial charge in [-0.3, -0.25) is 4.79 Å². The number of amides is 1. The van der Waals surface area contributed by atoms with Gasteiger partial charge in [0.1, 0.15) is 0 Å². The van der Waals surface area contributed by atoms with Gasteiger partial charge in [-0.05, 0) is 33.6 Å². The zero-order chi connectivity index (χ0) is 9.35. The number of alkyl halides is 1. The molecule has 12 heavy (non-hydrogen) atoms. The molecule has 70 valence electrons. The van der Waals surface area contributed by atoms with Crippen LogP contribution >= 0.6 is 15.9 Å². The lowest BCUT2D eigenvalue weighted by molar-refractivity contribution is -0.133. The molecule has 0 aliphatic carbocycles. The molecule has 1 atom stereocenters. The van der Waals surface area contributed by atoms with Crippen LogP contribution in [0.5, 0.6) is 0 Å². The average Bonchev–Trinajstić information content (AvgIpc) is 2.27. The lowest BCUT2D eigenvalue weighted by atomic mass is 10.0. The maximum Gasteiger partial charge on any atom is 0.236 e. The van der Waals surface area contributed by atoms with Crippen molar-refractivity contribution in [1.82, 2.24) is 4.90 Å². The largest absolute Gasteiger partial charge is 0.337 e. The highest BCUT2D eigenvalue weighted by molar-refractivity contribution is 9.10. The van der Waals surface area contributed by atoms with Crippen molar-refractivity contribution < 1.29 is 4.79 Å². The minimum atomic E-state index is -0.0464. The van der Waals surface area contributed by atoms with E-state index in [-0.39, 0.29) is 16.3 Å². The molecule has 1 unspecified atom stereocenters. The summed E-state index contributed by atoms with van der Waals surface area (Å²) in [5.74, 6) is 0.220. The van der Waals surface area contributed by atoms with Crippen molar-refractivity contribution >= 4 is 21.8 Å². The summed E-state index contributed by atoms with van der Waals surface area (Å²) in [6, 6.07) is 0. The minimum absolute atomic E-state index is 0.0464. The van der Waals surface area contributed by atoms with Crippen LogP contribution in [0.3, 0.4) is 0 Å². The molecule has 3 heteroatoms. The van der Waals surface area contributed by atoms with Gasteiger partial charge >= 0.3 is 0 Å². The van der Waals surface area contributed by atoms with Crippen LogP contribution in [-0.2, 0) is 4.79 Å². The molecule has 0 aromatic rings. The smallest absolute Gasteiger partial charge is 0.236 e. The standard InChI is InChI=1S/C9H16BrNO/c1-7(10)8(12)11-6-4-5-9(11,2)3/h7H,4-6H2,1-3H3. The van der Waals surface area contributed by atoms with Crippen LogP contribution in [0.15, 0.2) is 0 Å². The number of halogens is 1. The fourth-order valence-electron chi connectivity index (χ4n) is 1.73. The highest BCUT2D eigenvalue weighted by Gasteiger charge is 2.36. The van der Waals surface area contributed by atoms with Crippen molar-refractivity contribution in [3.8, 4) is 0 Å². The maximum absolute atomic E-state index is 11.6. The average molecular weight is 234 g/mol. The van der Waals surface area contributed by atoms with Gasteiger partial charge in [-0.1, -0.05) is 15.9 Å². The lowest BCUT2D eigenvalue weighted by Gasteiger charge is -2.32. The summed E-state index contributed by atoms with van der Waals surface area (Å²) in [7, 11) is 0. The Morgan fingerprint density at radius 3 is 2.50 bits per heavy atom. The monoisotopic (exact) mass is 233 g/mol. The molecule has 1 fully saturated rings. The van der Waals surface area contributed by atoms with Gasteiger partial charge in [0, 0.05) is 12.1 Å². The molecule has 1 aliphatic heterocycles. The number of hydrogen-bond acceptors (Lipinski definition) is 1. The highest BCUT2D eigenvalue weighted by Crippen LogP contribution is 2.29. The van der Waals surface area contributed by atoms with E-state index in [1.807, 2.05) is 11.8 Å². The van der Waals surface area contributed by atoms with Crippen LogP contribution in [0, 0.1) is 0 Å². The van der Waals surface area contributed by atoms with E-state index in [2.05, 4.69) is 29.8 Å². The molecule has 1 amide bonds. The van der Waals surface area contributed by atoms with Crippen LogP contribution in [-0.4, -0.2) is 27.7 Å². The van der Waals surface area contributed by atoms with Crippen molar-refractivity contribution in [2.45, 2.75) is 44.0 Å². The Balaban J connectivity index is 2.69. The Kier molecular flexibility index (Phi) is 2.81. The van der Waals surface area contributed by atoms with Crippen molar-refractivity contribution in [2.75, 3.05) is 6.54 Å². The summed E-state index contributed by atoms with van der Waals surface area (Å²) in [5, 5.41) is 0. The molecule has 2 nitrogen and oxygen atoms in total. The third-order valence-electron chi connectivity index (χ3n) is 2.51. The Morgan fingerprint density at radius 1 is 1.58 bits per heavy atom. The zero-order valence-corrected chi connectivity index (χ0v) is 9.52. The van der Waals surface area contributed by atoms with Gasteiger partial charge in [0.05, 0.1) is 4.83 Å².